The van der Waals surface area contributed by atoms with Gasteiger partial charge in [0.25, 0.3) is 5.91 Å². The van der Waals surface area contributed by atoms with Gasteiger partial charge >= 0.3 is 0 Å². The molecular weight excluding hydrogens is 290 g/mol. The predicted molar refractivity (Wildman–Crippen MR) is 82.7 cm³/mol. The van der Waals surface area contributed by atoms with Gasteiger partial charge in [-0.05, 0) is 43.4 Å². The van der Waals surface area contributed by atoms with Gasteiger partial charge in [0.2, 0.25) is 10.0 Å². The molecule has 1 saturated carbocycles. The lowest BCUT2D eigenvalue weighted by Gasteiger charge is -2.13. The number of anilines is 1. The van der Waals surface area contributed by atoms with Gasteiger partial charge in [0.05, 0.1) is 11.9 Å². The number of rotatable bonds is 6. The third kappa shape index (κ3) is 4.71. The molecular formula is C14H21N3O3S. The highest BCUT2D eigenvalue weighted by Gasteiger charge is 2.28. The Morgan fingerprint density at radius 3 is 2.67 bits per heavy atom. The van der Waals surface area contributed by atoms with E-state index in [1.807, 2.05) is 0 Å². The number of aryl methyl sites for hydroxylation is 1. The molecule has 7 heteroatoms. The zero-order valence-corrected chi connectivity index (χ0v) is 13.0. The smallest absolute Gasteiger partial charge is 0.251 e. The van der Waals surface area contributed by atoms with Crippen LogP contribution in [0.15, 0.2) is 18.2 Å². The van der Waals surface area contributed by atoms with Crippen molar-refractivity contribution >= 4 is 21.6 Å². The quantitative estimate of drug-likeness (QED) is 0.724. The highest BCUT2D eigenvalue weighted by Crippen LogP contribution is 2.31. The Morgan fingerprint density at radius 2 is 2.10 bits per heavy atom. The fraction of sp³-hybridized carbons (Fsp3) is 0.500. The minimum Gasteiger partial charge on any atom is -0.350 e. The zero-order chi connectivity index (χ0) is 15.6. The van der Waals surface area contributed by atoms with Crippen LogP contribution in [0.25, 0.3) is 0 Å². The minimum atomic E-state index is -3.37. The lowest BCUT2D eigenvalue weighted by atomic mass is 10.1. The maximum Gasteiger partial charge on any atom is 0.251 e. The van der Waals surface area contributed by atoms with Gasteiger partial charge in [0.15, 0.2) is 0 Å². The number of hydrogen-bond acceptors (Lipinski definition) is 4. The van der Waals surface area contributed by atoms with Crippen molar-refractivity contribution in [2.24, 2.45) is 11.7 Å². The van der Waals surface area contributed by atoms with Crippen molar-refractivity contribution in [2.45, 2.75) is 25.8 Å². The van der Waals surface area contributed by atoms with E-state index in [9.17, 15) is 13.2 Å². The van der Waals surface area contributed by atoms with E-state index < -0.39 is 10.0 Å². The average Bonchev–Trinajstić information content (AvgIpc) is 3.21. The standard InChI is InChI=1S/C14H21N3O3S/c1-9-3-4-11(7-13(9)17-21(2,19)20)14(18)16-8-12(15)10-5-6-10/h3-4,7,10,12,17H,5-6,8,15H2,1-2H3,(H,16,18). The number of benzene rings is 1. The second-order valence-corrected chi connectivity index (χ2v) is 7.36. The molecule has 0 heterocycles. The van der Waals surface area contributed by atoms with Gasteiger partial charge in [-0.3, -0.25) is 9.52 Å². The van der Waals surface area contributed by atoms with E-state index in [2.05, 4.69) is 10.0 Å². The number of nitrogens with two attached hydrogens (primary N) is 1. The van der Waals surface area contributed by atoms with Crippen LogP contribution in [-0.4, -0.2) is 33.2 Å². The summed E-state index contributed by atoms with van der Waals surface area (Å²) in [6.07, 6.45) is 3.34. The van der Waals surface area contributed by atoms with Crippen LogP contribution in [0.2, 0.25) is 0 Å². The van der Waals surface area contributed by atoms with Gasteiger partial charge in [-0.1, -0.05) is 6.07 Å². The molecule has 0 bridgehead atoms. The molecule has 0 saturated heterocycles. The second-order valence-electron chi connectivity index (χ2n) is 5.62. The molecule has 21 heavy (non-hydrogen) atoms. The summed E-state index contributed by atoms with van der Waals surface area (Å²) in [4.78, 5) is 12.1. The highest BCUT2D eigenvalue weighted by atomic mass is 32.2. The molecule has 116 valence electrons. The summed E-state index contributed by atoms with van der Waals surface area (Å²) in [5, 5.41) is 2.79. The average molecular weight is 311 g/mol. The predicted octanol–water partition coefficient (Wildman–Crippen LogP) is 0.834. The van der Waals surface area contributed by atoms with Gasteiger partial charge in [-0.15, -0.1) is 0 Å². The lowest BCUT2D eigenvalue weighted by molar-refractivity contribution is 0.0950. The monoisotopic (exact) mass is 311 g/mol. The van der Waals surface area contributed by atoms with E-state index in [1.165, 1.54) is 6.07 Å². The lowest BCUT2D eigenvalue weighted by Crippen LogP contribution is -2.38. The Labute approximate surface area is 125 Å². The molecule has 1 fully saturated rings. The Morgan fingerprint density at radius 1 is 1.43 bits per heavy atom. The van der Waals surface area contributed by atoms with Crippen molar-refractivity contribution in [1.29, 1.82) is 0 Å². The van der Waals surface area contributed by atoms with Crippen molar-refractivity contribution in [3.8, 4) is 0 Å². The molecule has 1 aliphatic carbocycles. The van der Waals surface area contributed by atoms with Gasteiger partial charge in [0, 0.05) is 18.2 Å². The van der Waals surface area contributed by atoms with Crippen molar-refractivity contribution in [2.75, 3.05) is 17.5 Å². The number of sulfonamides is 1. The topological polar surface area (TPSA) is 101 Å². The van der Waals surface area contributed by atoms with Crippen molar-refractivity contribution in [3.05, 3.63) is 29.3 Å². The number of carbonyl (C=O) groups excluding carboxylic acids is 1. The Balaban J connectivity index is 2.04. The molecule has 0 radical (unpaired) electrons. The van der Waals surface area contributed by atoms with Gasteiger partial charge < -0.3 is 11.1 Å². The third-order valence-electron chi connectivity index (χ3n) is 3.52. The van der Waals surface area contributed by atoms with Crippen LogP contribution in [0.1, 0.15) is 28.8 Å². The van der Waals surface area contributed by atoms with E-state index in [-0.39, 0.29) is 11.9 Å². The first-order chi connectivity index (χ1) is 9.76. The summed E-state index contributed by atoms with van der Waals surface area (Å²) in [5.74, 6) is 0.272. The Hall–Kier alpha value is -1.60. The Bertz CT molecular complexity index is 639. The normalized spacial score (nSPS) is 16.3. The minimum absolute atomic E-state index is 0.00647. The summed E-state index contributed by atoms with van der Waals surface area (Å²) in [6, 6.07) is 4.91. The first kappa shape index (κ1) is 15.8. The van der Waals surface area contributed by atoms with Crippen LogP contribution in [0.5, 0.6) is 0 Å². The van der Waals surface area contributed by atoms with Crippen molar-refractivity contribution < 1.29 is 13.2 Å². The number of carbonyl (C=O) groups is 1. The number of nitrogens with one attached hydrogen (secondary N) is 2. The molecule has 0 spiro atoms. The van der Waals surface area contributed by atoms with Crippen LogP contribution >= 0.6 is 0 Å². The molecule has 1 atom stereocenters. The van der Waals surface area contributed by atoms with Crippen molar-refractivity contribution in [3.63, 3.8) is 0 Å². The van der Waals surface area contributed by atoms with E-state index in [4.69, 9.17) is 5.73 Å². The maximum atomic E-state index is 12.1. The van der Waals surface area contributed by atoms with E-state index in [0.29, 0.717) is 23.7 Å². The van der Waals surface area contributed by atoms with Crippen LogP contribution in [0.3, 0.4) is 0 Å². The van der Waals surface area contributed by atoms with Crippen LogP contribution in [0.4, 0.5) is 5.69 Å². The number of amides is 1. The van der Waals surface area contributed by atoms with E-state index in [0.717, 1.165) is 24.7 Å². The van der Waals surface area contributed by atoms with Gasteiger partial charge in [-0.25, -0.2) is 8.42 Å². The molecule has 4 N–H and O–H groups in total. The highest BCUT2D eigenvalue weighted by molar-refractivity contribution is 7.92. The summed E-state index contributed by atoms with van der Waals surface area (Å²) < 4.78 is 25.0. The molecule has 1 amide bonds. The molecule has 1 aliphatic rings. The molecule has 1 aromatic carbocycles. The zero-order valence-electron chi connectivity index (χ0n) is 12.2. The molecule has 1 unspecified atom stereocenters. The molecule has 6 nitrogen and oxygen atoms in total. The second kappa shape index (κ2) is 6.03. The summed E-state index contributed by atoms with van der Waals surface area (Å²) in [5.41, 5.74) is 7.52. The van der Waals surface area contributed by atoms with E-state index >= 15 is 0 Å². The third-order valence-corrected chi connectivity index (χ3v) is 4.11. The van der Waals surface area contributed by atoms with Crippen LogP contribution in [0, 0.1) is 12.8 Å². The SMILES string of the molecule is Cc1ccc(C(=O)NCC(N)C2CC2)cc1NS(C)(=O)=O. The largest absolute Gasteiger partial charge is 0.350 e. The van der Waals surface area contributed by atoms with Crippen LogP contribution < -0.4 is 15.8 Å². The van der Waals surface area contributed by atoms with Crippen molar-refractivity contribution in [1.82, 2.24) is 5.32 Å². The first-order valence-electron chi connectivity index (χ1n) is 6.88. The Kier molecular flexibility index (Phi) is 4.53. The molecule has 1 aromatic rings. The number of hydrogen-bond donors (Lipinski definition) is 3. The van der Waals surface area contributed by atoms with Gasteiger partial charge in [-0.2, -0.15) is 0 Å². The first-order valence-corrected chi connectivity index (χ1v) is 8.77. The van der Waals surface area contributed by atoms with E-state index in [1.54, 1.807) is 19.1 Å². The molecule has 2 rings (SSSR count). The molecule has 0 aromatic heterocycles. The fourth-order valence-corrected chi connectivity index (χ4v) is 2.70. The maximum absolute atomic E-state index is 12.1. The summed E-state index contributed by atoms with van der Waals surface area (Å²) >= 11 is 0. The van der Waals surface area contributed by atoms with Crippen LogP contribution in [-0.2, 0) is 10.0 Å². The van der Waals surface area contributed by atoms with Gasteiger partial charge in [0.1, 0.15) is 0 Å². The fourth-order valence-electron chi connectivity index (χ4n) is 2.08. The molecule has 0 aliphatic heterocycles. The summed E-state index contributed by atoms with van der Waals surface area (Å²) in [7, 11) is -3.37. The summed E-state index contributed by atoms with van der Waals surface area (Å²) in [6.45, 7) is 2.21.